The Balaban J connectivity index is 2.01. The quantitative estimate of drug-likeness (QED) is 0.483. The van der Waals surface area contributed by atoms with E-state index in [2.05, 4.69) is 22.9 Å². The Morgan fingerprint density at radius 3 is 2.07 bits per heavy atom. The Labute approximate surface area is 162 Å². The van der Waals surface area contributed by atoms with Crippen LogP contribution in [-0.2, 0) is 9.59 Å². The van der Waals surface area contributed by atoms with Gasteiger partial charge in [0.2, 0.25) is 5.78 Å². The molecule has 4 N–H and O–H groups in total. The van der Waals surface area contributed by atoms with Gasteiger partial charge >= 0.3 is 6.09 Å². The molecular formula is C20H35N3O4. The minimum atomic E-state index is -1.05. The third-order valence-corrected chi connectivity index (χ3v) is 5.90. The third kappa shape index (κ3) is 5.92. The Morgan fingerprint density at radius 2 is 1.63 bits per heavy atom. The van der Waals surface area contributed by atoms with Gasteiger partial charge in [0, 0.05) is 18.1 Å². The smallest absolute Gasteiger partial charge is 0.404 e. The maximum atomic E-state index is 12.8. The van der Waals surface area contributed by atoms with Gasteiger partial charge in [-0.1, -0.05) is 19.8 Å². The van der Waals surface area contributed by atoms with Crippen LogP contribution in [-0.4, -0.2) is 46.6 Å². The van der Waals surface area contributed by atoms with E-state index in [4.69, 9.17) is 0 Å². The lowest BCUT2D eigenvalue weighted by atomic mass is 9.72. The van der Waals surface area contributed by atoms with Crippen molar-refractivity contribution in [2.75, 3.05) is 6.54 Å². The maximum absolute atomic E-state index is 12.8. The van der Waals surface area contributed by atoms with Gasteiger partial charge in [0.25, 0.3) is 5.91 Å². The number of hydrogen-bond acceptors (Lipinski definition) is 4. The summed E-state index contributed by atoms with van der Waals surface area (Å²) in [5.74, 6) is -1.01. The predicted octanol–water partition coefficient (Wildman–Crippen LogP) is 2.59. The number of nitrogens with one attached hydrogen (secondary N) is 3. The van der Waals surface area contributed by atoms with Gasteiger partial charge in [-0.05, 0) is 64.7 Å². The van der Waals surface area contributed by atoms with Crippen molar-refractivity contribution in [3.63, 3.8) is 0 Å². The zero-order valence-electron chi connectivity index (χ0n) is 17.1. The minimum Gasteiger partial charge on any atom is -0.465 e. The van der Waals surface area contributed by atoms with E-state index in [1.165, 1.54) is 12.8 Å². The summed E-state index contributed by atoms with van der Waals surface area (Å²) in [4.78, 5) is 36.3. The number of carboxylic acid groups (broad SMARTS) is 1. The van der Waals surface area contributed by atoms with Gasteiger partial charge in [-0.15, -0.1) is 0 Å². The van der Waals surface area contributed by atoms with Gasteiger partial charge < -0.3 is 21.1 Å². The highest BCUT2D eigenvalue weighted by molar-refractivity contribution is 6.40. The van der Waals surface area contributed by atoms with Crippen LogP contribution < -0.4 is 16.0 Å². The molecule has 2 aliphatic carbocycles. The molecule has 0 aromatic carbocycles. The molecule has 2 fully saturated rings. The van der Waals surface area contributed by atoms with Crippen molar-refractivity contribution in [3.8, 4) is 0 Å². The molecule has 0 heterocycles. The van der Waals surface area contributed by atoms with E-state index in [1.54, 1.807) is 0 Å². The molecule has 1 unspecified atom stereocenters. The van der Waals surface area contributed by atoms with E-state index < -0.39 is 28.9 Å². The molecule has 0 aliphatic heterocycles. The van der Waals surface area contributed by atoms with Crippen LogP contribution in [0.5, 0.6) is 0 Å². The zero-order chi connectivity index (χ0) is 20.3. The molecule has 154 valence electrons. The molecular weight excluding hydrogens is 346 g/mol. The summed E-state index contributed by atoms with van der Waals surface area (Å²) in [6, 6.07) is -0.276. The molecule has 2 rings (SSSR count). The van der Waals surface area contributed by atoms with Gasteiger partial charge in [0.05, 0.1) is 5.54 Å². The monoisotopic (exact) mass is 381 g/mol. The van der Waals surface area contributed by atoms with Gasteiger partial charge in [-0.2, -0.15) is 0 Å². The summed E-state index contributed by atoms with van der Waals surface area (Å²) in [6.07, 6.45) is 6.36. The van der Waals surface area contributed by atoms with E-state index in [9.17, 15) is 19.5 Å². The average molecular weight is 382 g/mol. The maximum Gasteiger partial charge on any atom is 0.404 e. The Morgan fingerprint density at radius 1 is 1.04 bits per heavy atom. The molecule has 7 nitrogen and oxygen atoms in total. The molecule has 0 aromatic rings. The lowest BCUT2D eigenvalue weighted by Crippen LogP contribution is -2.64. The largest absolute Gasteiger partial charge is 0.465 e. The molecule has 0 bridgehead atoms. The normalized spacial score (nSPS) is 21.8. The molecule has 0 radical (unpaired) electrons. The molecule has 2 amide bonds. The summed E-state index contributed by atoms with van der Waals surface area (Å²) < 4.78 is 0. The molecule has 0 spiro atoms. The fourth-order valence-electron chi connectivity index (χ4n) is 4.32. The second-order valence-electron chi connectivity index (χ2n) is 9.72. The van der Waals surface area contributed by atoms with E-state index in [-0.39, 0.29) is 11.5 Å². The first kappa shape index (κ1) is 21.7. The van der Waals surface area contributed by atoms with Crippen molar-refractivity contribution in [2.24, 2.45) is 5.41 Å². The number of hydrogen-bond donors (Lipinski definition) is 4. The highest BCUT2D eigenvalue weighted by Crippen LogP contribution is 2.41. The Hall–Kier alpha value is -1.63. The van der Waals surface area contributed by atoms with Crippen LogP contribution in [0.4, 0.5) is 4.79 Å². The Kier molecular flexibility index (Phi) is 6.55. The van der Waals surface area contributed by atoms with Crippen LogP contribution in [0, 0.1) is 5.41 Å². The third-order valence-electron chi connectivity index (χ3n) is 5.90. The number of amides is 2. The van der Waals surface area contributed by atoms with Crippen LogP contribution in [0.15, 0.2) is 0 Å². The van der Waals surface area contributed by atoms with Crippen molar-refractivity contribution in [1.29, 1.82) is 0 Å². The van der Waals surface area contributed by atoms with Gasteiger partial charge in [-0.25, -0.2) is 4.79 Å². The van der Waals surface area contributed by atoms with E-state index in [0.29, 0.717) is 19.4 Å². The molecule has 0 aromatic heterocycles. The van der Waals surface area contributed by atoms with E-state index >= 15 is 0 Å². The molecule has 0 saturated heterocycles. The molecule has 2 saturated carbocycles. The van der Waals surface area contributed by atoms with Gasteiger partial charge in [-0.3, -0.25) is 9.59 Å². The number of carbonyl (C=O) groups is 3. The summed E-state index contributed by atoms with van der Waals surface area (Å²) in [7, 11) is 0. The van der Waals surface area contributed by atoms with Crippen LogP contribution >= 0.6 is 0 Å². The fraction of sp³-hybridized carbons (Fsp3) is 0.850. The highest BCUT2D eigenvalue weighted by Gasteiger charge is 2.47. The first-order valence-corrected chi connectivity index (χ1v) is 10.1. The Bertz CT molecular complexity index is 572. The van der Waals surface area contributed by atoms with Gasteiger partial charge in [0.1, 0.15) is 0 Å². The summed E-state index contributed by atoms with van der Waals surface area (Å²) in [5, 5.41) is 17.8. The first-order valence-electron chi connectivity index (χ1n) is 10.1. The summed E-state index contributed by atoms with van der Waals surface area (Å²) >= 11 is 0. The molecule has 7 heteroatoms. The van der Waals surface area contributed by atoms with Crippen molar-refractivity contribution in [1.82, 2.24) is 16.0 Å². The van der Waals surface area contributed by atoms with Crippen LogP contribution in [0.2, 0.25) is 0 Å². The average Bonchev–Trinajstić information content (AvgIpc) is 2.89. The number of carbonyl (C=O) groups excluding carboxylic acids is 2. The van der Waals surface area contributed by atoms with Crippen molar-refractivity contribution >= 4 is 17.8 Å². The minimum absolute atomic E-state index is 0.134. The zero-order valence-corrected chi connectivity index (χ0v) is 17.1. The number of rotatable bonds is 8. The lowest BCUT2D eigenvalue weighted by Gasteiger charge is -2.42. The number of Topliss-reactive ketones (excluding diaryl/α,β-unsaturated/α-hetero) is 1. The lowest BCUT2D eigenvalue weighted by molar-refractivity contribution is -0.145. The first-order chi connectivity index (χ1) is 12.4. The van der Waals surface area contributed by atoms with Crippen LogP contribution in [0.1, 0.15) is 79.1 Å². The molecule has 1 atom stereocenters. The second-order valence-corrected chi connectivity index (χ2v) is 9.72. The number of ketones is 1. The standard InChI is InChI=1S/C20H35N3O4/c1-18(2,3)23-16(25)15(24)20(10-7-11-20)21-13-14(22-17(26)27)12-19(4)8-5-6-9-19/h14,21-22H,5-13H2,1-4H3,(H,23,25)(H,26,27). The topological polar surface area (TPSA) is 108 Å². The van der Waals surface area contributed by atoms with Crippen LogP contribution in [0.25, 0.3) is 0 Å². The SMILES string of the molecule is CC1(CC(CNC2(C(=O)C(=O)NC(C)(C)C)CCC2)NC(=O)O)CCCC1. The van der Waals surface area contributed by atoms with E-state index in [1.807, 2.05) is 20.8 Å². The second kappa shape index (κ2) is 8.17. The highest BCUT2D eigenvalue weighted by atomic mass is 16.4. The fourth-order valence-corrected chi connectivity index (χ4v) is 4.32. The summed E-state index contributed by atoms with van der Waals surface area (Å²) in [6.45, 7) is 8.09. The summed E-state index contributed by atoms with van der Waals surface area (Å²) in [5.41, 5.74) is -1.19. The van der Waals surface area contributed by atoms with Crippen LogP contribution in [0.3, 0.4) is 0 Å². The van der Waals surface area contributed by atoms with Crippen molar-refractivity contribution < 1.29 is 19.5 Å². The predicted molar refractivity (Wildman–Crippen MR) is 104 cm³/mol. The van der Waals surface area contributed by atoms with Gasteiger partial charge in [0.15, 0.2) is 0 Å². The van der Waals surface area contributed by atoms with E-state index in [0.717, 1.165) is 25.7 Å². The van der Waals surface area contributed by atoms with Crippen molar-refractivity contribution in [2.45, 2.75) is 96.2 Å². The molecule has 2 aliphatic rings. The molecule has 27 heavy (non-hydrogen) atoms. The van der Waals surface area contributed by atoms with Crippen molar-refractivity contribution in [3.05, 3.63) is 0 Å².